The highest BCUT2D eigenvalue weighted by atomic mass is 32.2. The van der Waals surface area contributed by atoms with Gasteiger partial charge in [-0.2, -0.15) is 22.0 Å². The van der Waals surface area contributed by atoms with E-state index in [0.29, 0.717) is 0 Å². The molecule has 0 aliphatic rings. The molecule has 1 rings (SSSR count). The van der Waals surface area contributed by atoms with Crippen LogP contribution in [0.2, 0.25) is 0 Å². The van der Waals surface area contributed by atoms with Crippen LogP contribution in [0.5, 0.6) is 5.75 Å². The van der Waals surface area contributed by atoms with Crippen molar-refractivity contribution in [1.82, 2.24) is 4.90 Å². The largest absolute Gasteiger partial charge is 0.446 e. The molecular formula is C11H12F5N3OS. The zero-order valence-corrected chi connectivity index (χ0v) is 11.6. The monoisotopic (exact) mass is 329 g/mol. The lowest BCUT2D eigenvalue weighted by Crippen LogP contribution is -2.32. The first kappa shape index (κ1) is 17.3. The number of hydrogen-bond acceptors (Lipinski definition) is 3. The van der Waals surface area contributed by atoms with E-state index >= 15 is 0 Å². The molecule has 21 heavy (non-hydrogen) atoms. The van der Waals surface area contributed by atoms with E-state index in [0.717, 1.165) is 18.2 Å². The molecule has 0 aliphatic carbocycles. The summed E-state index contributed by atoms with van der Waals surface area (Å²) < 4.78 is 65.8. The van der Waals surface area contributed by atoms with E-state index in [4.69, 9.17) is 11.1 Å². The van der Waals surface area contributed by atoms with E-state index in [2.05, 4.69) is 4.74 Å². The second-order valence-corrected chi connectivity index (χ2v) is 5.04. The number of nitrogens with zero attached hydrogens (tertiary/aromatic N) is 1. The molecule has 3 N–H and O–H groups in total. The van der Waals surface area contributed by atoms with Crippen molar-refractivity contribution in [3.05, 3.63) is 23.8 Å². The molecule has 1 aromatic rings. The van der Waals surface area contributed by atoms with Gasteiger partial charge in [0.15, 0.2) is 5.96 Å². The third-order valence-electron chi connectivity index (χ3n) is 2.30. The molecule has 0 amide bonds. The summed E-state index contributed by atoms with van der Waals surface area (Å²) in [7, 11) is 1.39. The third kappa shape index (κ3) is 6.06. The quantitative estimate of drug-likeness (QED) is 0.377. The highest BCUT2D eigenvalue weighted by Gasteiger charge is 2.30. The molecule has 1 aromatic carbocycles. The number of ether oxygens (including phenoxy) is 1. The molecule has 0 heterocycles. The van der Waals surface area contributed by atoms with Crippen molar-refractivity contribution in [2.75, 3.05) is 7.05 Å². The lowest BCUT2D eigenvalue weighted by Gasteiger charge is -2.20. The highest BCUT2D eigenvalue weighted by Crippen LogP contribution is 2.40. The maximum atomic E-state index is 12.5. The Morgan fingerprint density at radius 3 is 2.52 bits per heavy atom. The van der Waals surface area contributed by atoms with Gasteiger partial charge in [0, 0.05) is 18.5 Å². The van der Waals surface area contributed by atoms with Crippen LogP contribution in [0.3, 0.4) is 0 Å². The number of nitrogens with one attached hydrogen (secondary N) is 1. The Kier molecular flexibility index (Phi) is 5.64. The minimum absolute atomic E-state index is 0.0770. The van der Waals surface area contributed by atoms with Crippen molar-refractivity contribution < 1.29 is 26.7 Å². The first-order chi connectivity index (χ1) is 9.58. The SMILES string of the molecule is CN(Cc1cc(OC(F)F)ccc1SC(F)(F)F)C(=N)N. The van der Waals surface area contributed by atoms with Gasteiger partial charge in [-0.25, -0.2) is 0 Å². The molecule has 4 nitrogen and oxygen atoms in total. The van der Waals surface area contributed by atoms with Crippen molar-refractivity contribution in [2.24, 2.45) is 5.73 Å². The van der Waals surface area contributed by atoms with Crippen molar-refractivity contribution in [1.29, 1.82) is 5.41 Å². The zero-order chi connectivity index (χ0) is 16.2. The molecule has 0 spiro atoms. The van der Waals surface area contributed by atoms with Crippen LogP contribution in [-0.2, 0) is 6.54 Å². The van der Waals surface area contributed by atoms with E-state index in [1.165, 1.54) is 11.9 Å². The Morgan fingerprint density at radius 2 is 2.05 bits per heavy atom. The minimum Gasteiger partial charge on any atom is -0.435 e. The van der Waals surface area contributed by atoms with Gasteiger partial charge >= 0.3 is 12.1 Å². The maximum absolute atomic E-state index is 12.5. The molecule has 0 bridgehead atoms. The van der Waals surface area contributed by atoms with Gasteiger partial charge in [-0.3, -0.25) is 5.41 Å². The van der Waals surface area contributed by atoms with Crippen LogP contribution in [0, 0.1) is 5.41 Å². The zero-order valence-electron chi connectivity index (χ0n) is 10.7. The fourth-order valence-electron chi connectivity index (χ4n) is 1.42. The van der Waals surface area contributed by atoms with Crippen LogP contribution in [0.15, 0.2) is 23.1 Å². The standard InChI is InChI=1S/C11H12F5N3OS/c1-19(10(17)18)5-6-4-7(20-9(12)13)2-3-8(6)21-11(14,15)16/h2-4,9H,5H2,1H3,(H3,17,18). The molecule has 0 radical (unpaired) electrons. The van der Waals surface area contributed by atoms with Crippen LogP contribution in [0.4, 0.5) is 22.0 Å². The van der Waals surface area contributed by atoms with E-state index < -0.39 is 12.1 Å². The van der Waals surface area contributed by atoms with Gasteiger partial charge in [-0.05, 0) is 35.5 Å². The second-order valence-electron chi connectivity index (χ2n) is 3.94. The summed E-state index contributed by atoms with van der Waals surface area (Å²) in [6, 6.07) is 3.14. The van der Waals surface area contributed by atoms with E-state index in [-0.39, 0.29) is 40.5 Å². The molecule has 118 valence electrons. The van der Waals surface area contributed by atoms with Crippen molar-refractivity contribution in [2.45, 2.75) is 23.6 Å². The van der Waals surface area contributed by atoms with Crippen LogP contribution in [0.1, 0.15) is 5.56 Å². The van der Waals surface area contributed by atoms with E-state index in [1.54, 1.807) is 0 Å². The van der Waals surface area contributed by atoms with E-state index in [9.17, 15) is 22.0 Å². The predicted octanol–water partition coefficient (Wildman–Crippen LogP) is 3.23. The first-order valence-electron chi connectivity index (χ1n) is 5.47. The van der Waals surface area contributed by atoms with Gasteiger partial charge < -0.3 is 15.4 Å². The number of thioether (sulfide) groups is 1. The molecular weight excluding hydrogens is 317 g/mol. The Hall–Kier alpha value is -1.71. The summed E-state index contributed by atoms with van der Waals surface area (Å²) in [5.74, 6) is -0.624. The summed E-state index contributed by atoms with van der Waals surface area (Å²) in [4.78, 5) is 0.999. The van der Waals surface area contributed by atoms with Crippen LogP contribution < -0.4 is 10.5 Å². The number of nitrogens with two attached hydrogens (primary N) is 1. The molecule has 0 unspecified atom stereocenters. The first-order valence-corrected chi connectivity index (χ1v) is 6.29. The molecule has 0 saturated carbocycles. The summed E-state index contributed by atoms with van der Waals surface area (Å²) in [5.41, 5.74) is 0.767. The minimum atomic E-state index is -4.52. The lowest BCUT2D eigenvalue weighted by atomic mass is 10.2. The third-order valence-corrected chi connectivity index (χ3v) is 3.15. The molecule has 0 fully saturated rings. The van der Waals surface area contributed by atoms with Gasteiger partial charge in [0.25, 0.3) is 0 Å². The fourth-order valence-corrected chi connectivity index (χ4v) is 2.06. The molecule has 0 saturated heterocycles. The smallest absolute Gasteiger partial charge is 0.435 e. The number of rotatable bonds is 5. The highest BCUT2D eigenvalue weighted by molar-refractivity contribution is 8.00. The van der Waals surface area contributed by atoms with Crippen LogP contribution >= 0.6 is 11.8 Å². The van der Waals surface area contributed by atoms with Gasteiger partial charge in [-0.15, -0.1) is 0 Å². The number of benzene rings is 1. The van der Waals surface area contributed by atoms with Gasteiger partial charge in [0.05, 0.1) is 0 Å². The summed E-state index contributed by atoms with van der Waals surface area (Å²) in [5, 5.41) is 7.19. The fraction of sp³-hybridized carbons (Fsp3) is 0.364. The maximum Gasteiger partial charge on any atom is 0.446 e. The Bertz CT molecular complexity index is 509. The van der Waals surface area contributed by atoms with Crippen molar-refractivity contribution in [3.63, 3.8) is 0 Å². The van der Waals surface area contributed by atoms with E-state index in [1.807, 2.05) is 0 Å². The normalized spacial score (nSPS) is 11.6. The molecule has 0 atom stereocenters. The van der Waals surface area contributed by atoms with Gasteiger partial charge in [0.1, 0.15) is 5.75 Å². The van der Waals surface area contributed by atoms with Gasteiger partial charge in [0.2, 0.25) is 0 Å². The van der Waals surface area contributed by atoms with Crippen LogP contribution in [-0.4, -0.2) is 30.0 Å². The average molecular weight is 329 g/mol. The molecule has 0 aromatic heterocycles. The molecule has 0 aliphatic heterocycles. The lowest BCUT2D eigenvalue weighted by molar-refractivity contribution is -0.0500. The Morgan fingerprint density at radius 1 is 1.43 bits per heavy atom. The summed E-state index contributed by atoms with van der Waals surface area (Å²) in [6.45, 7) is -3.22. The Labute approximate surface area is 121 Å². The number of guanidine groups is 1. The van der Waals surface area contributed by atoms with Crippen LogP contribution in [0.25, 0.3) is 0 Å². The number of halogens is 5. The number of hydrogen-bond donors (Lipinski definition) is 2. The summed E-state index contributed by atoms with van der Waals surface area (Å²) in [6.07, 6.45) is 0. The number of alkyl halides is 5. The topological polar surface area (TPSA) is 62.3 Å². The summed E-state index contributed by atoms with van der Waals surface area (Å²) >= 11 is -0.372. The average Bonchev–Trinajstić information content (AvgIpc) is 2.29. The van der Waals surface area contributed by atoms with Gasteiger partial charge in [-0.1, -0.05) is 0 Å². The van der Waals surface area contributed by atoms with Crippen molar-refractivity contribution >= 4 is 17.7 Å². The second kappa shape index (κ2) is 6.83. The molecule has 10 heteroatoms. The van der Waals surface area contributed by atoms with Crippen molar-refractivity contribution in [3.8, 4) is 5.75 Å². The Balaban J connectivity index is 3.08. The predicted molar refractivity (Wildman–Crippen MR) is 68.4 cm³/mol.